The molecule has 2 aromatic heterocycles. The van der Waals surface area contributed by atoms with Crippen molar-refractivity contribution in [3.05, 3.63) is 133 Å². The Morgan fingerprint density at radius 2 is 1.24 bits per heavy atom. The molecule has 0 radical (unpaired) electrons. The third-order valence-electron chi connectivity index (χ3n) is 8.04. The molecule has 0 spiro atoms. The van der Waals surface area contributed by atoms with Gasteiger partial charge in [0.05, 0.1) is 21.0 Å². The van der Waals surface area contributed by atoms with Crippen LogP contribution in [0.25, 0.3) is 63.2 Å². The van der Waals surface area contributed by atoms with Gasteiger partial charge in [-0.05, 0) is 59.3 Å². The number of fused-ring (bicyclic) bond motifs is 6. The van der Waals surface area contributed by atoms with Gasteiger partial charge in [-0.25, -0.2) is 4.98 Å². The van der Waals surface area contributed by atoms with Gasteiger partial charge in [0, 0.05) is 43.5 Å². The minimum Gasteiger partial charge on any atom is -0.309 e. The van der Waals surface area contributed by atoms with Crippen LogP contribution in [0.5, 0.6) is 0 Å². The highest BCUT2D eigenvalue weighted by molar-refractivity contribution is 7.26. The van der Waals surface area contributed by atoms with Crippen molar-refractivity contribution in [1.82, 2.24) is 4.98 Å². The van der Waals surface area contributed by atoms with Crippen molar-refractivity contribution in [1.29, 1.82) is 0 Å². The van der Waals surface area contributed by atoms with Crippen LogP contribution in [0.15, 0.2) is 133 Å². The average molecular weight is 559 g/mol. The summed E-state index contributed by atoms with van der Waals surface area (Å²) < 4.78 is 2.61. The highest BCUT2D eigenvalue weighted by atomic mass is 32.1. The Hall–Kier alpha value is -4.77. The number of hydrogen-bond donors (Lipinski definition) is 0. The van der Waals surface area contributed by atoms with Crippen molar-refractivity contribution in [3.8, 4) is 32.3 Å². The van der Waals surface area contributed by atoms with Crippen LogP contribution in [0.2, 0.25) is 0 Å². The summed E-state index contributed by atoms with van der Waals surface area (Å²) in [5.41, 5.74) is 8.28. The van der Waals surface area contributed by atoms with E-state index in [0.717, 1.165) is 27.6 Å². The minimum absolute atomic E-state index is 1.06. The molecule has 6 aromatic carbocycles. The fourth-order valence-electron chi connectivity index (χ4n) is 6.20. The zero-order chi connectivity index (χ0) is 26.9. The number of thiazole rings is 1. The van der Waals surface area contributed by atoms with Crippen LogP contribution in [-0.2, 0) is 0 Å². The summed E-state index contributed by atoms with van der Waals surface area (Å²) in [6.07, 6.45) is 0. The first kappa shape index (κ1) is 23.0. The number of anilines is 3. The number of benzene rings is 6. The van der Waals surface area contributed by atoms with Gasteiger partial charge >= 0.3 is 0 Å². The van der Waals surface area contributed by atoms with E-state index >= 15 is 0 Å². The lowest BCUT2D eigenvalue weighted by molar-refractivity contribution is 1.30. The van der Waals surface area contributed by atoms with Crippen molar-refractivity contribution in [2.75, 3.05) is 4.90 Å². The highest BCUT2D eigenvalue weighted by Gasteiger charge is 2.26. The molecule has 192 valence electrons. The molecule has 8 aromatic rings. The van der Waals surface area contributed by atoms with Crippen molar-refractivity contribution in [3.63, 3.8) is 0 Å². The summed E-state index contributed by atoms with van der Waals surface area (Å²) in [7, 11) is 0. The molecule has 0 amide bonds. The average Bonchev–Trinajstić information content (AvgIpc) is 3.72. The van der Waals surface area contributed by atoms with Crippen LogP contribution in [-0.4, -0.2) is 4.98 Å². The molecule has 0 bridgehead atoms. The maximum absolute atomic E-state index is 5.16. The second kappa shape index (κ2) is 8.87. The minimum atomic E-state index is 1.06. The lowest BCUT2D eigenvalue weighted by Gasteiger charge is -2.26. The van der Waals surface area contributed by atoms with Crippen LogP contribution in [0.1, 0.15) is 0 Å². The Morgan fingerprint density at radius 3 is 2.10 bits per heavy atom. The Kier molecular flexibility index (Phi) is 4.97. The number of thiophene rings is 1. The number of rotatable bonds is 4. The number of hydrogen-bond acceptors (Lipinski definition) is 4. The van der Waals surface area contributed by atoms with Gasteiger partial charge in [0.25, 0.3) is 0 Å². The molecule has 0 saturated heterocycles. The van der Waals surface area contributed by atoms with E-state index in [1.54, 1.807) is 11.3 Å². The van der Waals surface area contributed by atoms with E-state index in [4.69, 9.17) is 4.98 Å². The van der Waals surface area contributed by atoms with Crippen LogP contribution in [0.4, 0.5) is 17.1 Å². The van der Waals surface area contributed by atoms with Gasteiger partial charge in [0.1, 0.15) is 5.01 Å². The number of para-hydroxylation sites is 1. The topological polar surface area (TPSA) is 16.1 Å². The van der Waals surface area contributed by atoms with E-state index in [0.29, 0.717) is 0 Å². The molecule has 2 nitrogen and oxygen atoms in total. The summed E-state index contributed by atoms with van der Waals surface area (Å²) in [6, 6.07) is 48.0. The molecule has 9 rings (SSSR count). The number of aromatic nitrogens is 1. The van der Waals surface area contributed by atoms with Crippen LogP contribution >= 0.6 is 22.7 Å². The normalized spacial score (nSPS) is 11.9. The van der Waals surface area contributed by atoms with Gasteiger partial charge in [0.15, 0.2) is 0 Å². The van der Waals surface area contributed by atoms with Crippen molar-refractivity contribution in [2.45, 2.75) is 0 Å². The molecule has 0 unspecified atom stereocenters. The summed E-state index contributed by atoms with van der Waals surface area (Å²) in [5, 5.41) is 6.29. The van der Waals surface area contributed by atoms with Gasteiger partial charge in [-0.3, -0.25) is 0 Å². The van der Waals surface area contributed by atoms with E-state index in [2.05, 4.69) is 138 Å². The largest absolute Gasteiger partial charge is 0.309 e. The Morgan fingerprint density at radius 1 is 0.537 bits per heavy atom. The van der Waals surface area contributed by atoms with E-state index in [9.17, 15) is 0 Å². The van der Waals surface area contributed by atoms with Crippen molar-refractivity contribution >= 4 is 70.7 Å². The molecule has 4 heteroatoms. The maximum Gasteiger partial charge on any atom is 0.124 e. The third kappa shape index (κ3) is 3.45. The molecule has 0 aliphatic heterocycles. The predicted molar refractivity (Wildman–Crippen MR) is 177 cm³/mol. The zero-order valence-corrected chi connectivity index (χ0v) is 23.5. The van der Waals surface area contributed by atoms with Gasteiger partial charge in [0.2, 0.25) is 0 Å². The van der Waals surface area contributed by atoms with Gasteiger partial charge < -0.3 is 4.90 Å². The SMILES string of the molecule is c1ccc(N(c2ccc(-c3nc4c(s3)-c3cccc5cccc-4c35)cc2)c2cccc3c2sc2ccccc23)cc1. The van der Waals surface area contributed by atoms with Gasteiger partial charge in [-0.2, -0.15) is 0 Å². The van der Waals surface area contributed by atoms with Crippen LogP contribution in [0.3, 0.4) is 0 Å². The predicted octanol–water partition coefficient (Wildman–Crippen LogP) is 11.4. The first-order valence-electron chi connectivity index (χ1n) is 13.7. The second-order valence-corrected chi connectivity index (χ2v) is 12.4. The molecule has 0 N–H and O–H groups in total. The number of nitrogens with zero attached hydrogens (tertiary/aromatic N) is 2. The summed E-state index contributed by atoms with van der Waals surface area (Å²) in [4.78, 5) is 8.81. The molecule has 1 aliphatic carbocycles. The lowest BCUT2D eigenvalue weighted by atomic mass is 10.0. The first-order chi connectivity index (χ1) is 20.3. The molecule has 41 heavy (non-hydrogen) atoms. The molecule has 0 atom stereocenters. The fraction of sp³-hybridized carbons (Fsp3) is 0. The lowest BCUT2D eigenvalue weighted by Crippen LogP contribution is -2.09. The standard InChI is InChI=1S/C37H22N2S2/c1-2-11-25(12-3-1)39(31-17-8-14-28-27-13-4-5-18-32(27)40-35(28)31)26-21-19-24(20-22-26)37-38-34-29-15-6-9-23-10-7-16-30(33(23)29)36(34)41-37/h1-22H. The molecular formula is C37H22N2S2. The Labute approximate surface area is 245 Å². The van der Waals surface area contributed by atoms with Crippen LogP contribution < -0.4 is 4.90 Å². The van der Waals surface area contributed by atoms with E-state index in [1.165, 1.54) is 52.6 Å². The van der Waals surface area contributed by atoms with Gasteiger partial charge in [-0.1, -0.05) is 84.9 Å². The molecule has 0 fully saturated rings. The molecule has 2 heterocycles. The van der Waals surface area contributed by atoms with E-state index < -0.39 is 0 Å². The van der Waals surface area contributed by atoms with E-state index in [1.807, 2.05) is 11.3 Å². The van der Waals surface area contributed by atoms with E-state index in [-0.39, 0.29) is 0 Å². The first-order valence-corrected chi connectivity index (χ1v) is 15.4. The monoisotopic (exact) mass is 558 g/mol. The molecule has 1 aliphatic rings. The Balaban J connectivity index is 1.16. The van der Waals surface area contributed by atoms with Gasteiger partial charge in [-0.15, -0.1) is 22.7 Å². The smallest absolute Gasteiger partial charge is 0.124 e. The summed E-state index contributed by atoms with van der Waals surface area (Å²) in [6.45, 7) is 0. The quantitative estimate of drug-likeness (QED) is 0.214. The fourth-order valence-corrected chi connectivity index (χ4v) is 8.52. The van der Waals surface area contributed by atoms with Crippen molar-refractivity contribution in [2.24, 2.45) is 0 Å². The Bertz CT molecular complexity index is 2200. The second-order valence-electron chi connectivity index (χ2n) is 10.4. The van der Waals surface area contributed by atoms with Crippen molar-refractivity contribution < 1.29 is 0 Å². The highest BCUT2D eigenvalue weighted by Crippen LogP contribution is 2.51. The summed E-state index contributed by atoms with van der Waals surface area (Å²) in [5.74, 6) is 0. The molecular weight excluding hydrogens is 537 g/mol. The third-order valence-corrected chi connectivity index (χ3v) is 10.4. The van der Waals surface area contributed by atoms with Crippen LogP contribution in [0, 0.1) is 0 Å². The molecule has 0 saturated carbocycles. The zero-order valence-electron chi connectivity index (χ0n) is 21.9. The maximum atomic E-state index is 5.16. The summed E-state index contributed by atoms with van der Waals surface area (Å²) >= 11 is 3.65.